The second-order valence-corrected chi connectivity index (χ2v) is 6.56. The van der Waals surface area contributed by atoms with E-state index in [9.17, 15) is 0 Å². The van der Waals surface area contributed by atoms with Crippen LogP contribution in [0.1, 0.15) is 25.7 Å². The van der Waals surface area contributed by atoms with Crippen LogP contribution in [0.25, 0.3) is 0 Å². The summed E-state index contributed by atoms with van der Waals surface area (Å²) >= 11 is 0. The maximum absolute atomic E-state index is 9.03. The average molecular weight is 206 g/mol. The highest BCUT2D eigenvalue weighted by Gasteiger charge is 2.32. The van der Waals surface area contributed by atoms with Crippen molar-refractivity contribution in [1.29, 1.82) is 0 Å². The second kappa shape index (κ2) is 3.78. The Morgan fingerprint density at radius 2 is 1.08 bits per heavy atom. The van der Waals surface area contributed by atoms with Crippen molar-refractivity contribution in [2.45, 2.75) is 48.4 Å². The predicted octanol–water partition coefficient (Wildman–Crippen LogP) is 1.41. The Kier molecular flexibility index (Phi) is 2.89. The summed E-state index contributed by atoms with van der Waals surface area (Å²) in [7, 11) is 3.80. The summed E-state index contributed by atoms with van der Waals surface area (Å²) in [5.74, 6) is 0. The molecule has 12 heavy (non-hydrogen) atoms. The van der Waals surface area contributed by atoms with Crippen LogP contribution < -0.4 is 0 Å². The minimum absolute atomic E-state index is 0.0323. The first-order chi connectivity index (χ1) is 5.74. The van der Waals surface area contributed by atoms with Crippen LogP contribution in [0.3, 0.4) is 0 Å². The fourth-order valence-corrected chi connectivity index (χ4v) is 4.79. The van der Waals surface area contributed by atoms with Crippen molar-refractivity contribution < 1.29 is 10.2 Å². The van der Waals surface area contributed by atoms with Crippen LogP contribution in [0.4, 0.5) is 0 Å². The largest absolute Gasteiger partial charge is 0.393 e. The van der Waals surface area contributed by atoms with E-state index in [1.807, 2.05) is 21.6 Å². The number of aliphatic hydroxyl groups excluding tert-OH is 2. The summed E-state index contributed by atoms with van der Waals surface area (Å²) < 4.78 is 0. The fourth-order valence-electron chi connectivity index (χ4n) is 1.39. The maximum Gasteiger partial charge on any atom is 0.0562 e. The third-order valence-corrected chi connectivity index (χ3v) is 5.86. The smallest absolute Gasteiger partial charge is 0.0562 e. The monoisotopic (exact) mass is 206 g/mol. The Balaban J connectivity index is 1.52. The first kappa shape index (κ1) is 9.19. The number of hydrogen-bond acceptors (Lipinski definition) is 4. The molecule has 2 aliphatic carbocycles. The Morgan fingerprint density at radius 3 is 1.33 bits per heavy atom. The van der Waals surface area contributed by atoms with E-state index in [1.54, 1.807) is 0 Å². The molecular formula is C8H14O2S2. The van der Waals surface area contributed by atoms with Crippen LogP contribution in [0, 0.1) is 0 Å². The van der Waals surface area contributed by atoms with Gasteiger partial charge < -0.3 is 10.2 Å². The van der Waals surface area contributed by atoms with Gasteiger partial charge in [-0.05, 0) is 25.7 Å². The minimum Gasteiger partial charge on any atom is -0.393 e. The zero-order valence-corrected chi connectivity index (χ0v) is 8.48. The zero-order valence-electron chi connectivity index (χ0n) is 6.85. The Hall–Kier alpha value is 0.620. The van der Waals surface area contributed by atoms with Crippen LogP contribution in [-0.4, -0.2) is 32.9 Å². The van der Waals surface area contributed by atoms with E-state index in [0.717, 1.165) is 25.7 Å². The third kappa shape index (κ3) is 2.10. The number of hydrogen-bond donors (Lipinski definition) is 2. The summed E-state index contributed by atoms with van der Waals surface area (Å²) in [6, 6.07) is 0. The topological polar surface area (TPSA) is 40.5 Å². The van der Waals surface area contributed by atoms with Gasteiger partial charge >= 0.3 is 0 Å². The molecule has 0 bridgehead atoms. The lowest BCUT2D eigenvalue weighted by Gasteiger charge is -2.34. The van der Waals surface area contributed by atoms with Gasteiger partial charge in [0, 0.05) is 10.5 Å². The molecule has 0 aromatic heterocycles. The van der Waals surface area contributed by atoms with Crippen molar-refractivity contribution in [3.05, 3.63) is 0 Å². The minimum atomic E-state index is -0.0323. The van der Waals surface area contributed by atoms with E-state index < -0.39 is 0 Å². The second-order valence-electron chi connectivity index (χ2n) is 3.69. The van der Waals surface area contributed by atoms with Crippen molar-refractivity contribution >= 4 is 21.6 Å². The predicted molar refractivity (Wildman–Crippen MR) is 53.2 cm³/mol. The summed E-state index contributed by atoms with van der Waals surface area (Å²) in [6.07, 6.45) is 3.80. The van der Waals surface area contributed by atoms with Gasteiger partial charge in [-0.15, -0.1) is 0 Å². The maximum atomic E-state index is 9.03. The van der Waals surface area contributed by atoms with E-state index in [4.69, 9.17) is 10.2 Å². The molecule has 2 aliphatic rings. The average Bonchev–Trinajstić information content (AvgIpc) is 1.91. The molecule has 2 rings (SSSR count). The summed E-state index contributed by atoms with van der Waals surface area (Å²) in [4.78, 5) is 0. The van der Waals surface area contributed by atoms with Crippen LogP contribution in [0.2, 0.25) is 0 Å². The first-order valence-corrected chi connectivity index (χ1v) is 6.70. The Labute approximate surface area is 80.5 Å². The molecule has 70 valence electrons. The van der Waals surface area contributed by atoms with Gasteiger partial charge in [-0.2, -0.15) is 0 Å². The number of rotatable bonds is 3. The lowest BCUT2D eigenvalue weighted by atomic mass is 9.96. The van der Waals surface area contributed by atoms with Crippen LogP contribution in [0.15, 0.2) is 0 Å². The van der Waals surface area contributed by atoms with Crippen LogP contribution >= 0.6 is 21.6 Å². The van der Waals surface area contributed by atoms with Crippen LogP contribution in [-0.2, 0) is 0 Å². The van der Waals surface area contributed by atoms with E-state index in [2.05, 4.69) is 0 Å². The first-order valence-electron chi connectivity index (χ1n) is 4.42. The molecule has 2 nitrogen and oxygen atoms in total. The highest BCUT2D eigenvalue weighted by atomic mass is 33.1. The van der Waals surface area contributed by atoms with Crippen LogP contribution in [0.5, 0.6) is 0 Å². The molecule has 0 heterocycles. The Morgan fingerprint density at radius 1 is 0.750 bits per heavy atom. The van der Waals surface area contributed by atoms with E-state index in [1.165, 1.54) is 0 Å². The van der Waals surface area contributed by atoms with Crippen molar-refractivity contribution in [3.8, 4) is 0 Å². The lowest BCUT2D eigenvalue weighted by molar-refractivity contribution is 0.0996. The third-order valence-electron chi connectivity index (χ3n) is 2.47. The molecule has 2 saturated carbocycles. The standard InChI is InChI=1S/C8H14O2S2/c9-5-1-7(2-5)11-12-8-3-6(10)4-8/h5-10H,1-4H2. The van der Waals surface area contributed by atoms with E-state index >= 15 is 0 Å². The molecule has 0 saturated heterocycles. The van der Waals surface area contributed by atoms with Crippen molar-refractivity contribution in [1.82, 2.24) is 0 Å². The highest BCUT2D eigenvalue weighted by molar-refractivity contribution is 8.77. The normalized spacial score (nSPS) is 46.5. The molecule has 2 N–H and O–H groups in total. The molecule has 0 radical (unpaired) electrons. The molecule has 0 amide bonds. The van der Waals surface area contributed by atoms with Gasteiger partial charge in [-0.3, -0.25) is 0 Å². The molecule has 0 unspecified atom stereocenters. The van der Waals surface area contributed by atoms with E-state index in [-0.39, 0.29) is 12.2 Å². The summed E-state index contributed by atoms with van der Waals surface area (Å²) in [6.45, 7) is 0. The molecule has 0 aliphatic heterocycles. The molecule has 0 aromatic rings. The van der Waals surface area contributed by atoms with Gasteiger partial charge in [0.25, 0.3) is 0 Å². The molecular weight excluding hydrogens is 192 g/mol. The molecule has 0 spiro atoms. The quantitative estimate of drug-likeness (QED) is 0.685. The van der Waals surface area contributed by atoms with Gasteiger partial charge in [0.1, 0.15) is 0 Å². The van der Waals surface area contributed by atoms with Gasteiger partial charge in [0.2, 0.25) is 0 Å². The molecule has 2 fully saturated rings. The van der Waals surface area contributed by atoms with E-state index in [0.29, 0.717) is 10.5 Å². The highest BCUT2D eigenvalue weighted by Crippen LogP contribution is 2.45. The van der Waals surface area contributed by atoms with Crippen molar-refractivity contribution in [3.63, 3.8) is 0 Å². The van der Waals surface area contributed by atoms with Crippen molar-refractivity contribution in [2.24, 2.45) is 0 Å². The zero-order chi connectivity index (χ0) is 8.55. The fraction of sp³-hybridized carbons (Fsp3) is 1.00. The van der Waals surface area contributed by atoms with Gasteiger partial charge in [-0.1, -0.05) is 21.6 Å². The molecule has 4 heteroatoms. The number of aliphatic hydroxyl groups is 2. The van der Waals surface area contributed by atoms with Crippen molar-refractivity contribution in [2.75, 3.05) is 0 Å². The molecule has 0 aromatic carbocycles. The lowest BCUT2D eigenvalue weighted by Crippen LogP contribution is -2.32. The van der Waals surface area contributed by atoms with Gasteiger partial charge in [-0.25, -0.2) is 0 Å². The van der Waals surface area contributed by atoms with Gasteiger partial charge in [0.05, 0.1) is 12.2 Å². The summed E-state index contributed by atoms with van der Waals surface area (Å²) in [5.41, 5.74) is 0. The summed E-state index contributed by atoms with van der Waals surface area (Å²) in [5, 5.41) is 19.4. The molecule has 0 atom stereocenters. The van der Waals surface area contributed by atoms with Gasteiger partial charge in [0.15, 0.2) is 0 Å². The SMILES string of the molecule is OC1CC(SSC2CC(O)C2)C1. The Bertz CT molecular complexity index is 135.